The molecule has 3 rings (SSSR count). The summed E-state index contributed by atoms with van der Waals surface area (Å²) in [7, 11) is -2.37. The van der Waals surface area contributed by atoms with E-state index in [1.54, 1.807) is 12.1 Å². The van der Waals surface area contributed by atoms with Crippen molar-refractivity contribution in [2.75, 3.05) is 44.7 Å². The molecule has 0 radical (unpaired) electrons. The van der Waals surface area contributed by atoms with Crippen molar-refractivity contribution in [2.24, 2.45) is 0 Å². The highest BCUT2D eigenvalue weighted by molar-refractivity contribution is 7.89. The third-order valence-electron chi connectivity index (χ3n) is 5.55. The standard InChI is InChI=1S/C22H26F3N3O3S/c1-3-4-11-26(2)17-7-5-16(6-8-17)22(29)27-12-14-28(15-13-27)32(30,31)19-10-9-18(23)20(24)21(19)25/h5-10H,3-4,11-15H2,1-2H3. The van der Waals surface area contributed by atoms with Crippen LogP contribution in [0.15, 0.2) is 41.3 Å². The van der Waals surface area contributed by atoms with Gasteiger partial charge in [-0.1, -0.05) is 13.3 Å². The van der Waals surface area contributed by atoms with Crippen molar-refractivity contribution in [3.05, 3.63) is 59.4 Å². The van der Waals surface area contributed by atoms with Gasteiger partial charge in [-0.2, -0.15) is 4.31 Å². The van der Waals surface area contributed by atoms with Crippen LogP contribution >= 0.6 is 0 Å². The van der Waals surface area contributed by atoms with Crippen molar-refractivity contribution in [3.63, 3.8) is 0 Å². The Morgan fingerprint density at radius 2 is 1.59 bits per heavy atom. The lowest BCUT2D eigenvalue weighted by Crippen LogP contribution is -2.50. The average molecular weight is 470 g/mol. The number of anilines is 1. The number of benzene rings is 2. The van der Waals surface area contributed by atoms with Gasteiger partial charge in [0.05, 0.1) is 0 Å². The van der Waals surface area contributed by atoms with Crippen LogP contribution in [0.5, 0.6) is 0 Å². The van der Waals surface area contributed by atoms with Gasteiger partial charge in [0, 0.05) is 51.0 Å². The predicted molar refractivity (Wildman–Crippen MR) is 116 cm³/mol. The molecule has 2 aromatic rings. The molecule has 0 unspecified atom stereocenters. The summed E-state index contributed by atoms with van der Waals surface area (Å²) in [6.07, 6.45) is 2.16. The van der Waals surface area contributed by atoms with Crippen LogP contribution in [0.3, 0.4) is 0 Å². The van der Waals surface area contributed by atoms with Crippen molar-refractivity contribution in [1.82, 2.24) is 9.21 Å². The number of nitrogens with zero attached hydrogens (tertiary/aromatic N) is 3. The second kappa shape index (κ2) is 9.91. The SMILES string of the molecule is CCCCN(C)c1ccc(C(=O)N2CCN(S(=O)(=O)c3ccc(F)c(F)c3F)CC2)cc1. The van der Waals surface area contributed by atoms with Crippen molar-refractivity contribution in [3.8, 4) is 0 Å². The summed E-state index contributed by atoms with van der Waals surface area (Å²) < 4.78 is 67.0. The number of hydrogen-bond acceptors (Lipinski definition) is 4. The van der Waals surface area contributed by atoms with Crippen LogP contribution in [0.4, 0.5) is 18.9 Å². The topological polar surface area (TPSA) is 60.9 Å². The molecular weight excluding hydrogens is 443 g/mol. The maximum absolute atomic E-state index is 14.0. The zero-order valence-electron chi connectivity index (χ0n) is 18.0. The fourth-order valence-electron chi connectivity index (χ4n) is 3.54. The molecule has 10 heteroatoms. The maximum atomic E-state index is 14.0. The Hall–Kier alpha value is -2.59. The minimum absolute atomic E-state index is 0.0790. The van der Waals surface area contributed by atoms with Gasteiger partial charge < -0.3 is 9.80 Å². The molecular formula is C22H26F3N3O3S. The van der Waals surface area contributed by atoms with Gasteiger partial charge in [-0.15, -0.1) is 0 Å². The highest BCUT2D eigenvalue weighted by Crippen LogP contribution is 2.24. The molecule has 0 saturated carbocycles. The molecule has 174 valence electrons. The molecule has 1 amide bonds. The van der Waals surface area contributed by atoms with E-state index < -0.39 is 32.4 Å². The lowest BCUT2D eigenvalue weighted by molar-refractivity contribution is 0.0697. The van der Waals surface area contributed by atoms with Gasteiger partial charge in [0.15, 0.2) is 17.5 Å². The van der Waals surface area contributed by atoms with E-state index in [9.17, 15) is 26.4 Å². The smallest absolute Gasteiger partial charge is 0.253 e. The van der Waals surface area contributed by atoms with Crippen LogP contribution in [0, 0.1) is 17.5 Å². The molecule has 0 aromatic heterocycles. The van der Waals surface area contributed by atoms with E-state index in [4.69, 9.17) is 0 Å². The van der Waals surface area contributed by atoms with Gasteiger partial charge in [0.1, 0.15) is 4.90 Å². The summed E-state index contributed by atoms with van der Waals surface area (Å²) >= 11 is 0. The molecule has 6 nitrogen and oxygen atoms in total. The number of halogens is 3. The molecule has 0 bridgehead atoms. The van der Waals surface area contributed by atoms with Gasteiger partial charge in [0.25, 0.3) is 5.91 Å². The number of sulfonamides is 1. The summed E-state index contributed by atoms with van der Waals surface area (Å²) in [5.41, 5.74) is 1.49. The van der Waals surface area contributed by atoms with Gasteiger partial charge >= 0.3 is 0 Å². The molecule has 1 saturated heterocycles. The normalized spacial score (nSPS) is 15.1. The first-order chi connectivity index (χ1) is 15.2. The molecule has 1 aliphatic heterocycles. The first-order valence-corrected chi connectivity index (χ1v) is 11.8. The van der Waals surface area contributed by atoms with E-state index in [1.807, 2.05) is 19.2 Å². The summed E-state index contributed by atoms with van der Waals surface area (Å²) in [6, 6.07) is 8.50. The van der Waals surface area contributed by atoms with E-state index in [1.165, 1.54) is 4.90 Å². The molecule has 0 atom stereocenters. The lowest BCUT2D eigenvalue weighted by atomic mass is 10.1. The molecule has 0 spiro atoms. The summed E-state index contributed by atoms with van der Waals surface area (Å²) in [6.45, 7) is 3.07. The van der Waals surface area contributed by atoms with E-state index >= 15 is 0 Å². The van der Waals surface area contributed by atoms with E-state index in [0.717, 1.165) is 29.4 Å². The molecule has 1 heterocycles. The predicted octanol–water partition coefficient (Wildman–Crippen LogP) is 3.49. The second-order valence-corrected chi connectivity index (χ2v) is 9.60. The Morgan fingerprint density at radius 3 is 2.19 bits per heavy atom. The number of amides is 1. The molecule has 1 fully saturated rings. The largest absolute Gasteiger partial charge is 0.375 e. The fourth-order valence-corrected chi connectivity index (χ4v) is 5.02. The monoisotopic (exact) mass is 469 g/mol. The van der Waals surface area contributed by atoms with Crippen LogP contribution in [0.25, 0.3) is 0 Å². The fraction of sp³-hybridized carbons (Fsp3) is 0.409. The summed E-state index contributed by atoms with van der Waals surface area (Å²) in [5, 5.41) is 0. The number of hydrogen-bond donors (Lipinski definition) is 0. The van der Waals surface area contributed by atoms with Gasteiger partial charge in [-0.25, -0.2) is 21.6 Å². The molecule has 0 aliphatic carbocycles. The van der Waals surface area contributed by atoms with Gasteiger partial charge in [0.2, 0.25) is 10.0 Å². The Morgan fingerprint density at radius 1 is 0.969 bits per heavy atom. The van der Waals surface area contributed by atoms with Crippen LogP contribution in [0.1, 0.15) is 30.1 Å². The first-order valence-electron chi connectivity index (χ1n) is 10.4. The van der Waals surface area contributed by atoms with E-state index in [-0.39, 0.29) is 32.1 Å². The van der Waals surface area contributed by atoms with Crippen molar-refractivity contribution in [2.45, 2.75) is 24.7 Å². The highest BCUT2D eigenvalue weighted by Gasteiger charge is 2.33. The van der Waals surface area contributed by atoms with Crippen LogP contribution in [-0.4, -0.2) is 63.3 Å². The summed E-state index contributed by atoms with van der Waals surface area (Å²) in [4.78, 5) is 15.5. The second-order valence-electron chi connectivity index (χ2n) is 7.69. The van der Waals surface area contributed by atoms with Crippen molar-refractivity contribution < 1.29 is 26.4 Å². The zero-order chi connectivity index (χ0) is 23.5. The maximum Gasteiger partial charge on any atom is 0.253 e. The Kier molecular flexibility index (Phi) is 7.45. The molecule has 0 N–H and O–H groups in total. The Balaban J connectivity index is 1.65. The number of unbranched alkanes of at least 4 members (excludes halogenated alkanes) is 1. The number of rotatable bonds is 7. The van der Waals surface area contributed by atoms with Crippen LogP contribution < -0.4 is 4.90 Å². The average Bonchev–Trinajstić information content (AvgIpc) is 2.80. The van der Waals surface area contributed by atoms with Crippen molar-refractivity contribution >= 4 is 21.6 Å². The third-order valence-corrected chi connectivity index (χ3v) is 7.46. The first kappa shape index (κ1) is 24.1. The number of carbonyl (C=O) groups excluding carboxylic acids is 1. The van der Waals surface area contributed by atoms with Gasteiger partial charge in [-0.3, -0.25) is 4.79 Å². The van der Waals surface area contributed by atoms with E-state index in [2.05, 4.69) is 11.8 Å². The Labute approximate surface area is 186 Å². The lowest BCUT2D eigenvalue weighted by Gasteiger charge is -2.34. The number of piperazine rings is 1. The van der Waals surface area contributed by atoms with Gasteiger partial charge in [-0.05, 0) is 42.8 Å². The zero-order valence-corrected chi connectivity index (χ0v) is 18.8. The molecule has 2 aromatic carbocycles. The molecule has 32 heavy (non-hydrogen) atoms. The highest BCUT2D eigenvalue weighted by atomic mass is 32.2. The molecule has 1 aliphatic rings. The summed E-state index contributed by atoms with van der Waals surface area (Å²) in [5.74, 6) is -5.26. The van der Waals surface area contributed by atoms with Crippen molar-refractivity contribution in [1.29, 1.82) is 0 Å². The van der Waals surface area contributed by atoms with Crippen LogP contribution in [0.2, 0.25) is 0 Å². The minimum Gasteiger partial charge on any atom is -0.375 e. The van der Waals surface area contributed by atoms with Crippen LogP contribution in [-0.2, 0) is 10.0 Å². The Bertz CT molecular complexity index is 1070. The quantitative estimate of drug-likeness (QED) is 0.583. The van der Waals surface area contributed by atoms with E-state index in [0.29, 0.717) is 17.7 Å². The minimum atomic E-state index is -4.36. The number of carbonyl (C=O) groups is 1. The third kappa shape index (κ3) is 4.91.